The van der Waals surface area contributed by atoms with Crippen LogP contribution in [0.2, 0.25) is 0 Å². The standard InChI is InChI=1S/C21H29N3O7S/c1-14(2)19(21(27)31-13-18(25)22-16-6-7-16)23-20(26)15-4-3-5-17(12-15)32(28,29)24-8-10-30-11-9-24/h3-5,12,14,16,19H,6-11,13H2,1-2H3,(H,22,25)(H,23,26)/t19-/m0/s1. The van der Waals surface area contributed by atoms with Crippen LogP contribution < -0.4 is 10.6 Å². The van der Waals surface area contributed by atoms with Crippen LogP contribution in [0.3, 0.4) is 0 Å². The quantitative estimate of drug-likeness (QED) is 0.499. The van der Waals surface area contributed by atoms with Crippen LogP contribution in [0.5, 0.6) is 0 Å². The van der Waals surface area contributed by atoms with E-state index in [1.54, 1.807) is 13.8 Å². The zero-order valence-electron chi connectivity index (χ0n) is 18.2. The Labute approximate surface area is 187 Å². The van der Waals surface area contributed by atoms with Crippen LogP contribution in [0.1, 0.15) is 37.0 Å². The van der Waals surface area contributed by atoms with Crippen molar-refractivity contribution in [3.63, 3.8) is 0 Å². The summed E-state index contributed by atoms with van der Waals surface area (Å²) in [6.07, 6.45) is 1.84. The molecular weight excluding hydrogens is 438 g/mol. The molecule has 11 heteroatoms. The van der Waals surface area contributed by atoms with Gasteiger partial charge in [-0.3, -0.25) is 9.59 Å². The summed E-state index contributed by atoms with van der Waals surface area (Å²) in [5.74, 6) is -2.02. The Morgan fingerprint density at radius 3 is 2.50 bits per heavy atom. The molecule has 2 fully saturated rings. The van der Waals surface area contributed by atoms with E-state index in [0.29, 0.717) is 13.2 Å². The predicted octanol–water partition coefficient (Wildman–Crippen LogP) is 0.284. The maximum absolute atomic E-state index is 12.9. The van der Waals surface area contributed by atoms with Crippen LogP contribution in [-0.2, 0) is 29.1 Å². The first kappa shape index (κ1) is 24.1. The lowest BCUT2D eigenvalue weighted by atomic mass is 10.0. The molecule has 1 atom stereocenters. The van der Waals surface area contributed by atoms with E-state index in [1.165, 1.54) is 28.6 Å². The van der Waals surface area contributed by atoms with E-state index in [0.717, 1.165) is 12.8 Å². The van der Waals surface area contributed by atoms with Gasteiger partial charge in [0.25, 0.3) is 11.8 Å². The van der Waals surface area contributed by atoms with Gasteiger partial charge in [-0.05, 0) is 37.0 Å². The minimum Gasteiger partial charge on any atom is -0.454 e. The van der Waals surface area contributed by atoms with E-state index in [9.17, 15) is 22.8 Å². The molecule has 0 spiro atoms. The summed E-state index contributed by atoms with van der Waals surface area (Å²) in [7, 11) is -3.77. The van der Waals surface area contributed by atoms with Crippen molar-refractivity contribution in [2.45, 2.75) is 43.7 Å². The third-order valence-corrected chi connectivity index (χ3v) is 7.09. The third kappa shape index (κ3) is 6.27. The first-order valence-corrected chi connectivity index (χ1v) is 12.1. The van der Waals surface area contributed by atoms with Gasteiger partial charge >= 0.3 is 5.97 Å². The predicted molar refractivity (Wildman–Crippen MR) is 114 cm³/mol. The molecule has 2 amide bonds. The van der Waals surface area contributed by atoms with Crippen molar-refractivity contribution in [3.05, 3.63) is 29.8 Å². The van der Waals surface area contributed by atoms with Crippen molar-refractivity contribution in [2.24, 2.45) is 5.92 Å². The minimum absolute atomic E-state index is 0.00697. The number of amides is 2. The summed E-state index contributed by atoms with van der Waals surface area (Å²) in [4.78, 5) is 37.0. The maximum atomic E-state index is 12.9. The molecule has 1 saturated heterocycles. The molecule has 1 aliphatic carbocycles. The molecule has 1 saturated carbocycles. The fourth-order valence-corrected chi connectivity index (χ4v) is 4.63. The smallest absolute Gasteiger partial charge is 0.329 e. The van der Waals surface area contributed by atoms with Gasteiger partial charge < -0.3 is 20.1 Å². The van der Waals surface area contributed by atoms with Gasteiger partial charge in [-0.2, -0.15) is 4.31 Å². The molecule has 10 nitrogen and oxygen atoms in total. The third-order valence-electron chi connectivity index (χ3n) is 5.20. The molecular formula is C21H29N3O7S. The molecule has 1 heterocycles. The number of carbonyl (C=O) groups excluding carboxylic acids is 3. The Morgan fingerprint density at radius 2 is 1.88 bits per heavy atom. The monoisotopic (exact) mass is 467 g/mol. The fraction of sp³-hybridized carbons (Fsp3) is 0.571. The number of rotatable bonds is 9. The van der Waals surface area contributed by atoms with E-state index < -0.39 is 34.5 Å². The minimum atomic E-state index is -3.77. The number of carbonyl (C=O) groups is 3. The highest BCUT2D eigenvalue weighted by Gasteiger charge is 2.30. The number of sulfonamides is 1. The second kappa shape index (κ2) is 10.4. The number of ether oxygens (including phenoxy) is 2. The Hall–Kier alpha value is -2.50. The molecule has 1 aromatic rings. The van der Waals surface area contributed by atoms with Gasteiger partial charge in [0.15, 0.2) is 6.61 Å². The Bertz CT molecular complexity index is 954. The molecule has 32 heavy (non-hydrogen) atoms. The average molecular weight is 468 g/mol. The summed E-state index contributed by atoms with van der Waals surface area (Å²) in [6.45, 7) is 4.17. The Morgan fingerprint density at radius 1 is 1.19 bits per heavy atom. The molecule has 176 valence electrons. The van der Waals surface area contributed by atoms with E-state index in [1.807, 2.05) is 0 Å². The van der Waals surface area contributed by atoms with Crippen LogP contribution in [0.4, 0.5) is 0 Å². The van der Waals surface area contributed by atoms with Crippen LogP contribution in [0.15, 0.2) is 29.2 Å². The SMILES string of the molecule is CC(C)[C@H](NC(=O)c1cccc(S(=O)(=O)N2CCOCC2)c1)C(=O)OCC(=O)NC1CC1. The summed E-state index contributed by atoms with van der Waals surface area (Å²) in [6, 6.07) is 4.82. The Kier molecular flexibility index (Phi) is 7.86. The highest BCUT2D eigenvalue weighted by Crippen LogP contribution is 2.19. The number of hydrogen-bond acceptors (Lipinski definition) is 7. The van der Waals surface area contributed by atoms with E-state index in [-0.39, 0.29) is 41.4 Å². The van der Waals surface area contributed by atoms with E-state index in [4.69, 9.17) is 9.47 Å². The van der Waals surface area contributed by atoms with Gasteiger partial charge in [-0.25, -0.2) is 13.2 Å². The van der Waals surface area contributed by atoms with Crippen molar-refractivity contribution in [1.29, 1.82) is 0 Å². The second-order valence-electron chi connectivity index (χ2n) is 8.19. The first-order chi connectivity index (χ1) is 15.2. The lowest BCUT2D eigenvalue weighted by Gasteiger charge is -2.26. The number of benzene rings is 1. The van der Waals surface area contributed by atoms with Crippen molar-refractivity contribution in [2.75, 3.05) is 32.9 Å². The van der Waals surface area contributed by atoms with Crippen molar-refractivity contribution >= 4 is 27.8 Å². The van der Waals surface area contributed by atoms with Gasteiger partial charge in [-0.1, -0.05) is 19.9 Å². The Balaban J connectivity index is 1.65. The number of nitrogens with zero attached hydrogens (tertiary/aromatic N) is 1. The van der Waals surface area contributed by atoms with Crippen molar-refractivity contribution in [3.8, 4) is 0 Å². The largest absolute Gasteiger partial charge is 0.454 e. The summed E-state index contributed by atoms with van der Waals surface area (Å²) >= 11 is 0. The molecule has 3 rings (SSSR count). The first-order valence-electron chi connectivity index (χ1n) is 10.6. The summed E-state index contributed by atoms with van der Waals surface area (Å²) < 4.78 is 37.3. The van der Waals surface area contributed by atoms with Crippen LogP contribution >= 0.6 is 0 Å². The number of esters is 1. The van der Waals surface area contributed by atoms with Gasteiger partial charge in [0, 0.05) is 24.7 Å². The lowest BCUT2D eigenvalue weighted by molar-refractivity contribution is -0.151. The molecule has 2 N–H and O–H groups in total. The van der Waals surface area contributed by atoms with Crippen LogP contribution in [0, 0.1) is 5.92 Å². The lowest BCUT2D eigenvalue weighted by Crippen LogP contribution is -2.46. The normalized spacial score (nSPS) is 18.1. The molecule has 0 unspecified atom stereocenters. The van der Waals surface area contributed by atoms with Crippen molar-refractivity contribution in [1.82, 2.24) is 14.9 Å². The molecule has 0 radical (unpaired) electrons. The van der Waals surface area contributed by atoms with Gasteiger partial charge in [0.2, 0.25) is 10.0 Å². The van der Waals surface area contributed by atoms with Gasteiger partial charge in [0.05, 0.1) is 18.1 Å². The molecule has 1 aliphatic heterocycles. The van der Waals surface area contributed by atoms with Crippen LogP contribution in [0.25, 0.3) is 0 Å². The number of morpholine rings is 1. The highest BCUT2D eigenvalue weighted by atomic mass is 32.2. The molecule has 2 aliphatic rings. The van der Waals surface area contributed by atoms with Crippen LogP contribution in [-0.4, -0.2) is 75.5 Å². The zero-order valence-corrected chi connectivity index (χ0v) is 19.0. The van der Waals surface area contributed by atoms with Gasteiger partial charge in [0.1, 0.15) is 6.04 Å². The molecule has 0 aromatic heterocycles. The second-order valence-corrected chi connectivity index (χ2v) is 10.1. The topological polar surface area (TPSA) is 131 Å². The fourth-order valence-electron chi connectivity index (χ4n) is 3.18. The van der Waals surface area contributed by atoms with E-state index in [2.05, 4.69) is 10.6 Å². The van der Waals surface area contributed by atoms with Gasteiger partial charge in [-0.15, -0.1) is 0 Å². The average Bonchev–Trinajstić information content (AvgIpc) is 3.60. The number of hydrogen-bond donors (Lipinski definition) is 2. The maximum Gasteiger partial charge on any atom is 0.329 e. The van der Waals surface area contributed by atoms with Crippen molar-refractivity contribution < 1.29 is 32.3 Å². The summed E-state index contributed by atoms with van der Waals surface area (Å²) in [5, 5.41) is 5.31. The zero-order chi connectivity index (χ0) is 23.3. The summed E-state index contributed by atoms with van der Waals surface area (Å²) in [5.41, 5.74) is 0.101. The highest BCUT2D eigenvalue weighted by molar-refractivity contribution is 7.89. The molecule has 0 bridgehead atoms. The molecule has 1 aromatic carbocycles. The van der Waals surface area contributed by atoms with E-state index >= 15 is 0 Å². The number of nitrogens with one attached hydrogen (secondary N) is 2.